The number of hydrogen-bond donors (Lipinski definition) is 2. The second-order valence-corrected chi connectivity index (χ2v) is 6.70. The monoisotopic (exact) mass is 361 g/mol. The number of nitrogen functional groups attached to an aromatic ring is 1. The van der Waals surface area contributed by atoms with Gasteiger partial charge in [-0.15, -0.1) is 0 Å². The maximum atomic E-state index is 14.8. The number of carbonyl (C=O) groups excluding carboxylic acids is 1. The Bertz CT molecular complexity index is 1120. The second-order valence-electron chi connectivity index (χ2n) is 6.70. The zero-order valence-corrected chi connectivity index (χ0v) is 14.5. The Kier molecular flexibility index (Phi) is 3.96. The third-order valence-electron chi connectivity index (χ3n) is 4.87. The van der Waals surface area contributed by atoms with Crippen LogP contribution in [0.3, 0.4) is 0 Å². The highest BCUT2D eigenvalue weighted by Gasteiger charge is 2.43. The summed E-state index contributed by atoms with van der Waals surface area (Å²) < 4.78 is 14.8. The van der Waals surface area contributed by atoms with E-state index in [4.69, 9.17) is 11.0 Å². The Hall–Kier alpha value is -3.53. The molecule has 4 rings (SSSR count). The molecule has 2 heterocycles. The average molecular weight is 361 g/mol. The lowest BCUT2D eigenvalue weighted by Gasteiger charge is -2.12. The van der Waals surface area contributed by atoms with Crippen LogP contribution in [-0.2, 0) is 4.79 Å². The van der Waals surface area contributed by atoms with Gasteiger partial charge in [-0.25, -0.2) is 9.37 Å². The standard InChI is InChI=1S/C20H16FN5O/c1-10-2-3-24-8-15(10)14-4-11-6-17(25-9-16(11)19(23)18(14)21)26-20(27)13-5-12(13)7-22/h2-4,6,8-9,12-13H,5,23H2,1H3,(H,25,26,27). The van der Waals surface area contributed by atoms with Crippen LogP contribution in [0.15, 0.2) is 36.8 Å². The highest BCUT2D eigenvalue weighted by Crippen LogP contribution is 2.39. The van der Waals surface area contributed by atoms with Gasteiger partial charge in [0.1, 0.15) is 5.82 Å². The molecule has 0 bridgehead atoms. The molecule has 2 aromatic heterocycles. The predicted molar refractivity (Wildman–Crippen MR) is 99.9 cm³/mol. The van der Waals surface area contributed by atoms with Crippen LogP contribution >= 0.6 is 0 Å². The molecule has 3 aromatic rings. The van der Waals surface area contributed by atoms with Gasteiger partial charge in [0.15, 0.2) is 5.82 Å². The molecule has 1 amide bonds. The largest absolute Gasteiger partial charge is 0.396 e. The van der Waals surface area contributed by atoms with Crippen LogP contribution in [0.5, 0.6) is 0 Å². The zero-order chi connectivity index (χ0) is 19.1. The molecule has 6 nitrogen and oxygen atoms in total. The number of nitriles is 1. The fraction of sp³-hybridized carbons (Fsp3) is 0.200. The summed E-state index contributed by atoms with van der Waals surface area (Å²) in [5.74, 6) is -0.926. The van der Waals surface area contributed by atoms with Crippen molar-refractivity contribution in [3.63, 3.8) is 0 Å². The van der Waals surface area contributed by atoms with Gasteiger partial charge < -0.3 is 11.1 Å². The summed E-state index contributed by atoms with van der Waals surface area (Å²) in [7, 11) is 0. The van der Waals surface area contributed by atoms with Gasteiger partial charge in [0, 0.05) is 35.1 Å². The van der Waals surface area contributed by atoms with E-state index >= 15 is 0 Å². The molecular weight excluding hydrogens is 345 g/mol. The molecule has 1 fully saturated rings. The van der Waals surface area contributed by atoms with Crippen molar-refractivity contribution in [2.24, 2.45) is 11.8 Å². The first-order chi connectivity index (χ1) is 13.0. The van der Waals surface area contributed by atoms with Crippen LogP contribution < -0.4 is 11.1 Å². The zero-order valence-electron chi connectivity index (χ0n) is 14.5. The third kappa shape index (κ3) is 2.95. The molecule has 134 valence electrons. The molecule has 3 N–H and O–H groups in total. The molecule has 7 heteroatoms. The maximum absolute atomic E-state index is 14.8. The molecule has 2 unspecified atom stereocenters. The van der Waals surface area contributed by atoms with E-state index in [2.05, 4.69) is 21.4 Å². The molecule has 1 aromatic carbocycles. The van der Waals surface area contributed by atoms with Crippen LogP contribution in [-0.4, -0.2) is 15.9 Å². The number of pyridine rings is 2. The lowest BCUT2D eigenvalue weighted by Crippen LogP contribution is -2.15. The predicted octanol–water partition coefficient (Wildman–Crippen LogP) is 3.42. The van der Waals surface area contributed by atoms with Crippen molar-refractivity contribution in [2.75, 3.05) is 11.1 Å². The quantitative estimate of drug-likeness (QED) is 0.696. The normalized spacial score (nSPS) is 18.1. The average Bonchev–Trinajstić information content (AvgIpc) is 3.45. The van der Waals surface area contributed by atoms with Crippen LogP contribution in [0.4, 0.5) is 15.9 Å². The number of carbonyl (C=O) groups is 1. The number of rotatable bonds is 3. The molecular formula is C20H16FN5O. The van der Waals surface area contributed by atoms with E-state index in [1.807, 2.05) is 6.92 Å². The number of benzene rings is 1. The lowest BCUT2D eigenvalue weighted by atomic mass is 9.98. The number of aromatic nitrogens is 2. The number of nitrogens with zero attached hydrogens (tertiary/aromatic N) is 3. The van der Waals surface area contributed by atoms with E-state index in [-0.39, 0.29) is 23.4 Å². The van der Waals surface area contributed by atoms with E-state index in [0.717, 1.165) is 5.56 Å². The number of anilines is 2. The van der Waals surface area contributed by atoms with Gasteiger partial charge in [0.2, 0.25) is 5.91 Å². The van der Waals surface area contributed by atoms with E-state index in [1.54, 1.807) is 30.6 Å². The molecule has 2 atom stereocenters. The lowest BCUT2D eigenvalue weighted by molar-refractivity contribution is -0.117. The number of hydrogen-bond acceptors (Lipinski definition) is 5. The summed E-state index contributed by atoms with van der Waals surface area (Å²) in [4.78, 5) is 20.4. The Balaban J connectivity index is 1.75. The molecule has 0 saturated heterocycles. The Morgan fingerprint density at radius 1 is 1.37 bits per heavy atom. The van der Waals surface area contributed by atoms with E-state index in [1.165, 1.54) is 6.20 Å². The number of fused-ring (bicyclic) bond motifs is 1. The molecule has 0 spiro atoms. The fourth-order valence-electron chi connectivity index (χ4n) is 3.15. The van der Waals surface area contributed by atoms with Gasteiger partial charge in [0.05, 0.1) is 23.6 Å². The first-order valence-electron chi connectivity index (χ1n) is 8.48. The highest BCUT2D eigenvalue weighted by atomic mass is 19.1. The summed E-state index contributed by atoms with van der Waals surface area (Å²) in [5, 5.41) is 12.7. The fourth-order valence-corrected chi connectivity index (χ4v) is 3.15. The molecule has 1 aliphatic rings. The third-order valence-corrected chi connectivity index (χ3v) is 4.87. The molecule has 0 aliphatic heterocycles. The summed E-state index contributed by atoms with van der Waals surface area (Å²) in [6.45, 7) is 1.87. The van der Waals surface area contributed by atoms with Crippen molar-refractivity contribution in [3.05, 3.63) is 48.2 Å². The summed E-state index contributed by atoms with van der Waals surface area (Å²) in [5.41, 5.74) is 7.87. The van der Waals surface area contributed by atoms with Crippen molar-refractivity contribution in [1.82, 2.24) is 9.97 Å². The van der Waals surface area contributed by atoms with Crippen molar-refractivity contribution in [2.45, 2.75) is 13.3 Å². The van der Waals surface area contributed by atoms with E-state index in [0.29, 0.717) is 34.1 Å². The highest BCUT2D eigenvalue weighted by molar-refractivity contribution is 6.00. The van der Waals surface area contributed by atoms with Gasteiger partial charge in [-0.1, -0.05) is 0 Å². The van der Waals surface area contributed by atoms with Crippen LogP contribution in [0.1, 0.15) is 12.0 Å². The van der Waals surface area contributed by atoms with Gasteiger partial charge in [-0.2, -0.15) is 5.26 Å². The first kappa shape index (κ1) is 16.9. The van der Waals surface area contributed by atoms with Gasteiger partial charge in [-0.3, -0.25) is 9.78 Å². The number of nitrogens with two attached hydrogens (primary N) is 1. The van der Waals surface area contributed by atoms with Gasteiger partial charge in [-0.05, 0) is 42.5 Å². The summed E-state index contributed by atoms with van der Waals surface area (Å²) >= 11 is 0. The number of aryl methyl sites for hydroxylation is 1. The number of amides is 1. The Labute approximate surface area is 154 Å². The molecule has 0 radical (unpaired) electrons. The van der Waals surface area contributed by atoms with Crippen molar-refractivity contribution in [3.8, 4) is 17.2 Å². The van der Waals surface area contributed by atoms with E-state index < -0.39 is 5.82 Å². The summed E-state index contributed by atoms with van der Waals surface area (Å²) in [6, 6.07) is 7.22. The minimum absolute atomic E-state index is 0.00265. The van der Waals surface area contributed by atoms with Gasteiger partial charge in [0.25, 0.3) is 0 Å². The van der Waals surface area contributed by atoms with Crippen LogP contribution in [0, 0.1) is 35.9 Å². The minimum Gasteiger partial charge on any atom is -0.396 e. The van der Waals surface area contributed by atoms with Gasteiger partial charge >= 0.3 is 0 Å². The maximum Gasteiger partial charge on any atom is 0.230 e. The first-order valence-corrected chi connectivity index (χ1v) is 8.48. The smallest absolute Gasteiger partial charge is 0.230 e. The summed E-state index contributed by atoms with van der Waals surface area (Å²) in [6.07, 6.45) is 5.25. The van der Waals surface area contributed by atoms with Crippen LogP contribution in [0.25, 0.3) is 21.9 Å². The van der Waals surface area contributed by atoms with Crippen LogP contribution in [0.2, 0.25) is 0 Å². The van der Waals surface area contributed by atoms with Crippen molar-refractivity contribution >= 4 is 28.2 Å². The second kappa shape index (κ2) is 6.32. The van der Waals surface area contributed by atoms with E-state index in [9.17, 15) is 9.18 Å². The Morgan fingerprint density at radius 3 is 2.89 bits per heavy atom. The van der Waals surface area contributed by atoms with Crippen molar-refractivity contribution in [1.29, 1.82) is 5.26 Å². The molecule has 27 heavy (non-hydrogen) atoms. The Morgan fingerprint density at radius 2 is 2.19 bits per heavy atom. The number of halogens is 1. The minimum atomic E-state index is -0.521. The van der Waals surface area contributed by atoms with Crippen molar-refractivity contribution < 1.29 is 9.18 Å². The topological polar surface area (TPSA) is 105 Å². The molecule has 1 saturated carbocycles. The number of nitrogens with one attached hydrogen (secondary N) is 1. The SMILES string of the molecule is Cc1ccncc1-c1cc2cc(NC(=O)C3CC3C#N)ncc2c(N)c1F. The molecule has 1 aliphatic carbocycles.